The standard InChI is InChI=1S/C23H28N4O/c1-23(2,3)22(28)25-15-14-24-16-19-17-27(20-12-8-5-9-13-20)26-21(19)18-10-6-4-7-11-18/h4-13,17,24H,14-16H2,1-3H3,(H,25,28). The molecule has 5 heteroatoms. The third-order valence-corrected chi connectivity index (χ3v) is 4.44. The number of carbonyl (C=O) groups excluding carboxylic acids is 1. The van der Waals surface area contributed by atoms with E-state index in [4.69, 9.17) is 5.10 Å². The molecule has 0 spiro atoms. The Labute approximate surface area is 166 Å². The number of nitrogens with one attached hydrogen (secondary N) is 2. The summed E-state index contributed by atoms with van der Waals surface area (Å²) in [5.41, 5.74) is 3.85. The van der Waals surface area contributed by atoms with Gasteiger partial charge in [-0.2, -0.15) is 5.10 Å². The predicted molar refractivity (Wildman–Crippen MR) is 113 cm³/mol. The maximum Gasteiger partial charge on any atom is 0.225 e. The zero-order valence-electron chi connectivity index (χ0n) is 16.8. The minimum Gasteiger partial charge on any atom is -0.354 e. The van der Waals surface area contributed by atoms with Gasteiger partial charge in [-0.05, 0) is 12.1 Å². The van der Waals surface area contributed by atoms with Gasteiger partial charge in [0.2, 0.25) is 5.91 Å². The van der Waals surface area contributed by atoms with Gasteiger partial charge in [-0.1, -0.05) is 69.3 Å². The molecule has 0 saturated heterocycles. The number of carbonyl (C=O) groups is 1. The van der Waals surface area contributed by atoms with Gasteiger partial charge in [0.25, 0.3) is 0 Å². The Morgan fingerprint density at radius 1 is 0.964 bits per heavy atom. The van der Waals surface area contributed by atoms with Crippen molar-refractivity contribution in [2.45, 2.75) is 27.3 Å². The molecule has 3 aromatic rings. The summed E-state index contributed by atoms with van der Waals surface area (Å²) in [5.74, 6) is 0.0659. The maximum absolute atomic E-state index is 11.9. The molecule has 5 nitrogen and oxygen atoms in total. The summed E-state index contributed by atoms with van der Waals surface area (Å²) < 4.78 is 1.92. The highest BCUT2D eigenvalue weighted by Gasteiger charge is 2.20. The number of hydrogen-bond donors (Lipinski definition) is 2. The lowest BCUT2D eigenvalue weighted by Crippen LogP contribution is -2.38. The first-order chi connectivity index (χ1) is 13.4. The van der Waals surface area contributed by atoms with Crippen LogP contribution in [0.25, 0.3) is 16.9 Å². The first-order valence-corrected chi connectivity index (χ1v) is 9.63. The molecule has 0 atom stereocenters. The summed E-state index contributed by atoms with van der Waals surface area (Å²) in [5, 5.41) is 11.2. The van der Waals surface area contributed by atoms with Gasteiger partial charge in [0.1, 0.15) is 0 Å². The normalized spacial score (nSPS) is 11.4. The highest BCUT2D eigenvalue weighted by Crippen LogP contribution is 2.23. The lowest BCUT2D eigenvalue weighted by atomic mass is 9.96. The van der Waals surface area contributed by atoms with Gasteiger partial charge in [-0.15, -0.1) is 0 Å². The zero-order chi connectivity index (χ0) is 20.0. The molecule has 0 aliphatic rings. The van der Waals surface area contributed by atoms with Crippen LogP contribution >= 0.6 is 0 Å². The Kier molecular flexibility index (Phi) is 6.26. The number of hydrogen-bond acceptors (Lipinski definition) is 3. The quantitative estimate of drug-likeness (QED) is 0.617. The molecule has 3 rings (SSSR count). The molecule has 0 aliphatic heterocycles. The van der Waals surface area contributed by atoms with Gasteiger partial charge in [0, 0.05) is 42.4 Å². The fourth-order valence-corrected chi connectivity index (χ4v) is 2.84. The number of para-hydroxylation sites is 1. The van der Waals surface area contributed by atoms with Crippen molar-refractivity contribution in [1.29, 1.82) is 0 Å². The lowest BCUT2D eigenvalue weighted by molar-refractivity contribution is -0.128. The summed E-state index contributed by atoms with van der Waals surface area (Å²) in [4.78, 5) is 11.9. The first-order valence-electron chi connectivity index (χ1n) is 9.63. The van der Waals surface area contributed by atoms with Crippen molar-refractivity contribution < 1.29 is 4.79 Å². The highest BCUT2D eigenvalue weighted by molar-refractivity contribution is 5.81. The molecule has 146 valence electrons. The van der Waals surface area contributed by atoms with Crippen LogP contribution in [-0.2, 0) is 11.3 Å². The van der Waals surface area contributed by atoms with E-state index >= 15 is 0 Å². The molecule has 2 N–H and O–H groups in total. The largest absolute Gasteiger partial charge is 0.354 e. The summed E-state index contributed by atoms with van der Waals surface area (Å²) in [7, 11) is 0. The average molecular weight is 377 g/mol. The SMILES string of the molecule is CC(C)(C)C(=O)NCCNCc1cn(-c2ccccc2)nc1-c1ccccc1. The fourth-order valence-electron chi connectivity index (χ4n) is 2.84. The van der Waals surface area contributed by atoms with Crippen molar-refractivity contribution in [1.82, 2.24) is 20.4 Å². The van der Waals surface area contributed by atoms with Gasteiger partial charge in [0.05, 0.1) is 11.4 Å². The molecule has 1 heterocycles. The minimum atomic E-state index is -0.364. The monoisotopic (exact) mass is 376 g/mol. The van der Waals surface area contributed by atoms with E-state index in [0.717, 1.165) is 22.5 Å². The Hall–Kier alpha value is -2.92. The van der Waals surface area contributed by atoms with Gasteiger partial charge in [-0.3, -0.25) is 4.79 Å². The van der Waals surface area contributed by atoms with Crippen LogP contribution in [0.4, 0.5) is 0 Å². The molecular weight excluding hydrogens is 348 g/mol. The smallest absolute Gasteiger partial charge is 0.225 e. The third-order valence-electron chi connectivity index (χ3n) is 4.44. The molecule has 0 saturated carbocycles. The van der Waals surface area contributed by atoms with Gasteiger partial charge < -0.3 is 10.6 Å². The van der Waals surface area contributed by atoms with Gasteiger partial charge >= 0.3 is 0 Å². The van der Waals surface area contributed by atoms with E-state index in [2.05, 4.69) is 29.0 Å². The third kappa shape index (κ3) is 5.08. The Bertz CT molecular complexity index is 895. The second-order valence-corrected chi connectivity index (χ2v) is 7.83. The summed E-state index contributed by atoms with van der Waals surface area (Å²) in [6.45, 7) is 7.73. The molecule has 0 aliphatic carbocycles. The van der Waals surface area contributed by atoms with E-state index in [1.165, 1.54) is 0 Å². The van der Waals surface area contributed by atoms with E-state index in [-0.39, 0.29) is 11.3 Å². The summed E-state index contributed by atoms with van der Waals surface area (Å²) >= 11 is 0. The topological polar surface area (TPSA) is 59.0 Å². The van der Waals surface area contributed by atoms with Gasteiger partial charge in [-0.25, -0.2) is 4.68 Å². The molecule has 0 bridgehead atoms. The zero-order valence-corrected chi connectivity index (χ0v) is 16.8. The van der Waals surface area contributed by atoms with E-state index < -0.39 is 0 Å². The second-order valence-electron chi connectivity index (χ2n) is 7.83. The Morgan fingerprint density at radius 2 is 1.61 bits per heavy atom. The van der Waals surface area contributed by atoms with Crippen LogP contribution in [0.3, 0.4) is 0 Å². The highest BCUT2D eigenvalue weighted by atomic mass is 16.2. The van der Waals surface area contributed by atoms with Crippen LogP contribution in [0.5, 0.6) is 0 Å². The minimum absolute atomic E-state index is 0.0659. The maximum atomic E-state index is 11.9. The molecule has 1 amide bonds. The molecule has 2 aromatic carbocycles. The van der Waals surface area contributed by atoms with Crippen LogP contribution in [0.15, 0.2) is 66.9 Å². The van der Waals surface area contributed by atoms with Crippen LogP contribution in [0, 0.1) is 5.41 Å². The molecule has 28 heavy (non-hydrogen) atoms. The van der Waals surface area contributed by atoms with E-state index in [1.54, 1.807) is 0 Å². The van der Waals surface area contributed by atoms with E-state index in [9.17, 15) is 4.79 Å². The van der Waals surface area contributed by atoms with Crippen LogP contribution in [0.2, 0.25) is 0 Å². The van der Waals surface area contributed by atoms with Crippen LogP contribution < -0.4 is 10.6 Å². The Balaban J connectivity index is 1.69. The number of rotatable bonds is 7. The van der Waals surface area contributed by atoms with Gasteiger partial charge in [0.15, 0.2) is 0 Å². The predicted octanol–water partition coefficient (Wildman–Crippen LogP) is 3.79. The van der Waals surface area contributed by atoms with Crippen LogP contribution in [0.1, 0.15) is 26.3 Å². The molecule has 0 radical (unpaired) electrons. The van der Waals surface area contributed by atoms with E-state index in [0.29, 0.717) is 19.6 Å². The first kappa shape index (κ1) is 19.8. The van der Waals surface area contributed by atoms with E-state index in [1.807, 2.05) is 74.0 Å². The number of aromatic nitrogens is 2. The van der Waals surface area contributed by atoms with Crippen molar-refractivity contribution in [3.63, 3.8) is 0 Å². The molecular formula is C23H28N4O. The molecule has 0 unspecified atom stereocenters. The fraction of sp³-hybridized carbons (Fsp3) is 0.304. The molecule has 0 fully saturated rings. The summed E-state index contributed by atoms with van der Waals surface area (Å²) in [6.07, 6.45) is 2.07. The molecule has 1 aromatic heterocycles. The number of nitrogens with zero attached hydrogens (tertiary/aromatic N) is 2. The second kappa shape index (κ2) is 8.85. The average Bonchev–Trinajstić information content (AvgIpc) is 3.12. The lowest BCUT2D eigenvalue weighted by Gasteiger charge is -2.17. The number of amides is 1. The summed E-state index contributed by atoms with van der Waals surface area (Å²) in [6, 6.07) is 20.3. The van der Waals surface area contributed by atoms with Crippen molar-refractivity contribution in [2.75, 3.05) is 13.1 Å². The van der Waals surface area contributed by atoms with Crippen molar-refractivity contribution in [2.24, 2.45) is 5.41 Å². The number of benzene rings is 2. The van der Waals surface area contributed by atoms with Crippen molar-refractivity contribution in [3.05, 3.63) is 72.4 Å². The van der Waals surface area contributed by atoms with Crippen LogP contribution in [-0.4, -0.2) is 28.8 Å². The van der Waals surface area contributed by atoms with Crippen molar-refractivity contribution in [3.8, 4) is 16.9 Å². The van der Waals surface area contributed by atoms with Crippen molar-refractivity contribution >= 4 is 5.91 Å². The Morgan fingerprint density at radius 3 is 2.25 bits per heavy atom.